The molecule has 1 saturated heterocycles. The standard InChI is InChI=1S/C17H18N4O3/c1-24-15-6-4-14(5-7-15)21-11-13(9-16(21)22)20-17(23)19-12-3-2-8-18-10-12/h2-8,10,13H,9,11H2,1H3,(H2,19,20,23)/t13-/m0/s1. The number of carbonyl (C=O) groups is 2. The molecule has 7 nitrogen and oxygen atoms in total. The Morgan fingerprint density at radius 1 is 1.29 bits per heavy atom. The number of benzene rings is 1. The highest BCUT2D eigenvalue weighted by atomic mass is 16.5. The normalized spacial score (nSPS) is 16.8. The highest BCUT2D eigenvalue weighted by Gasteiger charge is 2.31. The fraction of sp³-hybridized carbons (Fsp3) is 0.235. The van der Waals surface area contributed by atoms with Crippen LogP contribution in [-0.2, 0) is 4.79 Å². The molecule has 1 aliphatic heterocycles. The fourth-order valence-corrected chi connectivity index (χ4v) is 2.61. The predicted octanol–water partition coefficient (Wildman–Crippen LogP) is 2.02. The first-order chi connectivity index (χ1) is 11.7. The van der Waals surface area contributed by atoms with Crippen LogP contribution >= 0.6 is 0 Å². The summed E-state index contributed by atoms with van der Waals surface area (Å²) in [5.74, 6) is 0.711. The van der Waals surface area contributed by atoms with Crippen molar-refractivity contribution < 1.29 is 14.3 Å². The maximum absolute atomic E-state index is 12.2. The maximum atomic E-state index is 12.2. The lowest BCUT2D eigenvalue weighted by Crippen LogP contribution is -2.39. The Hall–Kier alpha value is -3.09. The third kappa shape index (κ3) is 3.62. The first-order valence-corrected chi connectivity index (χ1v) is 7.57. The molecule has 0 spiro atoms. The molecule has 1 aromatic carbocycles. The van der Waals surface area contributed by atoms with E-state index in [0.717, 1.165) is 11.4 Å². The topological polar surface area (TPSA) is 83.6 Å². The number of carbonyl (C=O) groups excluding carboxylic acids is 2. The quantitative estimate of drug-likeness (QED) is 0.900. The van der Waals surface area contributed by atoms with Crippen LogP contribution in [0.4, 0.5) is 16.2 Å². The van der Waals surface area contributed by atoms with Gasteiger partial charge in [0.05, 0.1) is 25.0 Å². The molecule has 0 saturated carbocycles. The van der Waals surface area contributed by atoms with Gasteiger partial charge in [-0.1, -0.05) is 0 Å². The lowest BCUT2D eigenvalue weighted by Gasteiger charge is -2.17. The van der Waals surface area contributed by atoms with Crippen molar-refractivity contribution in [2.45, 2.75) is 12.5 Å². The summed E-state index contributed by atoms with van der Waals surface area (Å²) >= 11 is 0. The molecule has 2 heterocycles. The van der Waals surface area contributed by atoms with E-state index in [9.17, 15) is 9.59 Å². The van der Waals surface area contributed by atoms with Crippen LogP contribution in [0.25, 0.3) is 0 Å². The van der Waals surface area contributed by atoms with Gasteiger partial charge in [-0.05, 0) is 36.4 Å². The van der Waals surface area contributed by atoms with Crippen LogP contribution in [0, 0.1) is 0 Å². The van der Waals surface area contributed by atoms with Crippen LogP contribution in [0.2, 0.25) is 0 Å². The SMILES string of the molecule is COc1ccc(N2C[C@@H](NC(=O)Nc3cccnc3)CC2=O)cc1. The van der Waals surface area contributed by atoms with E-state index in [1.165, 1.54) is 0 Å². The molecule has 3 amide bonds. The van der Waals surface area contributed by atoms with Crippen molar-refractivity contribution in [1.29, 1.82) is 0 Å². The van der Waals surface area contributed by atoms with Gasteiger partial charge in [-0.2, -0.15) is 0 Å². The molecule has 2 N–H and O–H groups in total. The van der Waals surface area contributed by atoms with E-state index in [0.29, 0.717) is 12.2 Å². The van der Waals surface area contributed by atoms with Gasteiger partial charge in [0.1, 0.15) is 5.75 Å². The van der Waals surface area contributed by atoms with Crippen molar-refractivity contribution in [3.63, 3.8) is 0 Å². The third-order valence-electron chi connectivity index (χ3n) is 3.76. The Balaban J connectivity index is 1.59. The monoisotopic (exact) mass is 326 g/mol. The second-order valence-corrected chi connectivity index (χ2v) is 5.44. The van der Waals surface area contributed by atoms with Crippen molar-refractivity contribution in [3.05, 3.63) is 48.8 Å². The molecule has 7 heteroatoms. The zero-order valence-corrected chi connectivity index (χ0v) is 13.2. The number of rotatable bonds is 4. The number of pyridine rings is 1. The number of nitrogens with zero attached hydrogens (tertiary/aromatic N) is 2. The number of hydrogen-bond acceptors (Lipinski definition) is 4. The Bertz CT molecular complexity index is 718. The van der Waals surface area contributed by atoms with Gasteiger partial charge in [-0.15, -0.1) is 0 Å². The summed E-state index contributed by atoms with van der Waals surface area (Å²) in [5.41, 5.74) is 1.39. The summed E-state index contributed by atoms with van der Waals surface area (Å²) in [6.45, 7) is 0.436. The average Bonchev–Trinajstić information content (AvgIpc) is 2.96. The number of methoxy groups -OCH3 is 1. The van der Waals surface area contributed by atoms with Gasteiger partial charge < -0.3 is 20.3 Å². The summed E-state index contributed by atoms with van der Waals surface area (Å²) in [6.07, 6.45) is 3.46. The minimum atomic E-state index is -0.350. The van der Waals surface area contributed by atoms with E-state index in [-0.39, 0.29) is 24.4 Å². The summed E-state index contributed by atoms with van der Waals surface area (Å²) in [6, 6.07) is 10.2. The fourth-order valence-electron chi connectivity index (χ4n) is 2.61. The number of urea groups is 1. The molecule has 3 rings (SSSR count). The number of hydrogen-bond donors (Lipinski definition) is 2. The maximum Gasteiger partial charge on any atom is 0.319 e. The molecule has 1 aliphatic rings. The van der Waals surface area contributed by atoms with E-state index in [4.69, 9.17) is 4.74 Å². The van der Waals surface area contributed by atoms with Crippen molar-refractivity contribution in [2.24, 2.45) is 0 Å². The molecule has 0 unspecified atom stereocenters. The number of amides is 3. The van der Waals surface area contributed by atoms with Crippen LogP contribution < -0.4 is 20.3 Å². The van der Waals surface area contributed by atoms with Crippen molar-refractivity contribution in [2.75, 3.05) is 23.9 Å². The van der Waals surface area contributed by atoms with Crippen molar-refractivity contribution >= 4 is 23.3 Å². The van der Waals surface area contributed by atoms with Gasteiger partial charge in [-0.25, -0.2) is 4.79 Å². The van der Waals surface area contributed by atoms with E-state index >= 15 is 0 Å². The lowest BCUT2D eigenvalue weighted by atomic mass is 10.2. The Labute approximate surface area is 139 Å². The number of nitrogens with one attached hydrogen (secondary N) is 2. The average molecular weight is 326 g/mol. The molecule has 1 atom stereocenters. The smallest absolute Gasteiger partial charge is 0.319 e. The van der Waals surface area contributed by atoms with Crippen LogP contribution in [0.1, 0.15) is 6.42 Å². The molecular weight excluding hydrogens is 308 g/mol. The van der Waals surface area contributed by atoms with Crippen molar-refractivity contribution in [3.8, 4) is 5.75 Å². The zero-order chi connectivity index (χ0) is 16.9. The molecule has 0 bridgehead atoms. The minimum absolute atomic E-state index is 0.0214. The zero-order valence-electron chi connectivity index (χ0n) is 13.2. The summed E-state index contributed by atoms with van der Waals surface area (Å²) in [4.78, 5) is 29.8. The molecule has 1 fully saturated rings. The number of ether oxygens (including phenoxy) is 1. The molecule has 2 aromatic rings. The molecule has 124 valence electrons. The number of aromatic nitrogens is 1. The van der Waals surface area contributed by atoms with Crippen molar-refractivity contribution in [1.82, 2.24) is 10.3 Å². The van der Waals surface area contributed by atoms with E-state index in [2.05, 4.69) is 15.6 Å². The highest BCUT2D eigenvalue weighted by molar-refractivity contribution is 5.97. The van der Waals surface area contributed by atoms with Gasteiger partial charge in [0.25, 0.3) is 0 Å². The molecule has 24 heavy (non-hydrogen) atoms. The van der Waals surface area contributed by atoms with E-state index in [1.54, 1.807) is 48.7 Å². The van der Waals surface area contributed by atoms with Crippen LogP contribution in [0.15, 0.2) is 48.8 Å². The Morgan fingerprint density at radius 3 is 2.75 bits per heavy atom. The minimum Gasteiger partial charge on any atom is -0.497 e. The Kier molecular flexibility index (Phi) is 4.60. The van der Waals surface area contributed by atoms with Gasteiger partial charge in [0.15, 0.2) is 0 Å². The predicted molar refractivity (Wildman–Crippen MR) is 90.1 cm³/mol. The molecule has 1 aromatic heterocycles. The molecule has 0 radical (unpaired) electrons. The molecule has 0 aliphatic carbocycles. The van der Waals surface area contributed by atoms with E-state index in [1.807, 2.05) is 12.1 Å². The second kappa shape index (κ2) is 6.99. The molecular formula is C17H18N4O3. The van der Waals surface area contributed by atoms with E-state index < -0.39 is 0 Å². The van der Waals surface area contributed by atoms with Crippen LogP contribution in [-0.4, -0.2) is 36.6 Å². The summed E-state index contributed by atoms with van der Waals surface area (Å²) in [5, 5.41) is 5.51. The summed E-state index contributed by atoms with van der Waals surface area (Å²) in [7, 11) is 1.59. The second-order valence-electron chi connectivity index (χ2n) is 5.44. The first kappa shape index (κ1) is 15.8. The largest absolute Gasteiger partial charge is 0.497 e. The first-order valence-electron chi connectivity index (χ1n) is 7.57. The van der Waals surface area contributed by atoms with Crippen LogP contribution in [0.5, 0.6) is 5.75 Å². The van der Waals surface area contributed by atoms with Gasteiger partial charge in [0, 0.05) is 24.8 Å². The lowest BCUT2D eigenvalue weighted by molar-refractivity contribution is -0.117. The van der Waals surface area contributed by atoms with Gasteiger partial charge in [0.2, 0.25) is 5.91 Å². The Morgan fingerprint density at radius 2 is 2.08 bits per heavy atom. The third-order valence-corrected chi connectivity index (χ3v) is 3.76. The van der Waals surface area contributed by atoms with Gasteiger partial charge >= 0.3 is 6.03 Å². The van der Waals surface area contributed by atoms with Crippen LogP contribution in [0.3, 0.4) is 0 Å². The van der Waals surface area contributed by atoms with Gasteiger partial charge in [-0.3, -0.25) is 9.78 Å². The summed E-state index contributed by atoms with van der Waals surface area (Å²) < 4.78 is 5.12. The number of anilines is 2. The highest BCUT2D eigenvalue weighted by Crippen LogP contribution is 2.24.